The van der Waals surface area contributed by atoms with Gasteiger partial charge in [0.2, 0.25) is 11.8 Å². The molecule has 0 aliphatic carbocycles. The quantitative estimate of drug-likeness (QED) is 0.876. The van der Waals surface area contributed by atoms with E-state index in [9.17, 15) is 9.59 Å². The molecule has 2 aliphatic rings. The van der Waals surface area contributed by atoms with Crippen LogP contribution in [0.3, 0.4) is 0 Å². The maximum atomic E-state index is 12.0. The molecule has 0 saturated carbocycles. The van der Waals surface area contributed by atoms with E-state index < -0.39 is 0 Å². The van der Waals surface area contributed by atoms with Crippen LogP contribution in [-0.2, 0) is 16.1 Å². The minimum atomic E-state index is -0.384. The van der Waals surface area contributed by atoms with Crippen molar-refractivity contribution in [1.29, 1.82) is 0 Å². The zero-order valence-corrected chi connectivity index (χ0v) is 13.5. The molecule has 2 amide bonds. The summed E-state index contributed by atoms with van der Waals surface area (Å²) in [6.45, 7) is 4.86. The van der Waals surface area contributed by atoms with Crippen molar-refractivity contribution in [1.82, 2.24) is 15.6 Å². The summed E-state index contributed by atoms with van der Waals surface area (Å²) in [5.41, 5.74) is 0.969. The number of anilines is 1. The first kappa shape index (κ1) is 15.8. The van der Waals surface area contributed by atoms with Gasteiger partial charge in [0, 0.05) is 32.3 Å². The van der Waals surface area contributed by atoms with Gasteiger partial charge >= 0.3 is 0 Å². The number of hydrogen-bond acceptors (Lipinski definition) is 4. The number of carbonyl (C=O) groups excluding carboxylic acids is 2. The zero-order valence-electron chi connectivity index (χ0n) is 13.5. The Kier molecular flexibility index (Phi) is 4.79. The van der Waals surface area contributed by atoms with Crippen LogP contribution in [-0.4, -0.2) is 35.9 Å². The SMILES string of the molecule is CC1CCN(c2ccc(CNC(=O)[C@H]3CCC(=O)N3)cn2)CC1. The van der Waals surface area contributed by atoms with Crippen LogP contribution in [0.1, 0.15) is 38.2 Å². The van der Waals surface area contributed by atoms with Crippen LogP contribution in [0, 0.1) is 5.92 Å². The number of rotatable bonds is 4. The number of piperidine rings is 1. The molecule has 0 unspecified atom stereocenters. The minimum Gasteiger partial charge on any atom is -0.357 e. The zero-order chi connectivity index (χ0) is 16.2. The van der Waals surface area contributed by atoms with Crippen LogP contribution in [0.15, 0.2) is 18.3 Å². The van der Waals surface area contributed by atoms with Crippen molar-refractivity contribution >= 4 is 17.6 Å². The van der Waals surface area contributed by atoms with Gasteiger partial charge in [-0.2, -0.15) is 0 Å². The second-order valence-electron chi connectivity index (χ2n) is 6.57. The molecule has 0 aromatic carbocycles. The fourth-order valence-electron chi connectivity index (χ4n) is 3.07. The highest BCUT2D eigenvalue weighted by Crippen LogP contribution is 2.21. The molecular formula is C17H24N4O2. The highest BCUT2D eigenvalue weighted by Gasteiger charge is 2.26. The van der Waals surface area contributed by atoms with Crippen molar-refractivity contribution in [3.8, 4) is 0 Å². The third-order valence-corrected chi connectivity index (χ3v) is 4.70. The lowest BCUT2D eigenvalue weighted by atomic mass is 9.99. The smallest absolute Gasteiger partial charge is 0.242 e. The minimum absolute atomic E-state index is 0.0491. The molecule has 1 aromatic heterocycles. The Labute approximate surface area is 136 Å². The van der Waals surface area contributed by atoms with E-state index in [0.717, 1.165) is 30.4 Å². The Morgan fingerprint density at radius 3 is 2.74 bits per heavy atom. The average Bonchev–Trinajstić information content (AvgIpc) is 3.00. The van der Waals surface area contributed by atoms with E-state index in [1.54, 1.807) is 0 Å². The van der Waals surface area contributed by atoms with Crippen LogP contribution in [0.25, 0.3) is 0 Å². The second kappa shape index (κ2) is 6.98. The monoisotopic (exact) mass is 316 g/mol. The van der Waals surface area contributed by atoms with Gasteiger partial charge in [0.1, 0.15) is 11.9 Å². The standard InChI is InChI=1S/C17H24N4O2/c1-12-6-8-21(9-7-12)15-4-2-13(10-18-15)11-19-17(23)14-3-5-16(22)20-14/h2,4,10,12,14H,3,5-9,11H2,1H3,(H,19,23)(H,20,22)/t14-/m1/s1. The summed E-state index contributed by atoms with van der Waals surface area (Å²) in [5, 5.41) is 5.53. The molecule has 0 radical (unpaired) electrons. The first-order valence-corrected chi connectivity index (χ1v) is 8.39. The van der Waals surface area contributed by atoms with Gasteiger partial charge in [-0.15, -0.1) is 0 Å². The molecule has 6 nitrogen and oxygen atoms in total. The van der Waals surface area contributed by atoms with E-state index in [1.165, 1.54) is 12.8 Å². The fraction of sp³-hybridized carbons (Fsp3) is 0.588. The maximum Gasteiger partial charge on any atom is 0.242 e. The number of carbonyl (C=O) groups is 2. The molecule has 2 aliphatic heterocycles. The van der Waals surface area contributed by atoms with Crippen molar-refractivity contribution < 1.29 is 9.59 Å². The van der Waals surface area contributed by atoms with Gasteiger partial charge in [0.15, 0.2) is 0 Å². The van der Waals surface area contributed by atoms with Crippen molar-refractivity contribution in [2.45, 2.75) is 45.2 Å². The van der Waals surface area contributed by atoms with Crippen LogP contribution in [0.5, 0.6) is 0 Å². The molecule has 0 spiro atoms. The molecule has 1 aromatic rings. The molecule has 1 atom stereocenters. The third-order valence-electron chi connectivity index (χ3n) is 4.70. The molecule has 3 heterocycles. The first-order valence-electron chi connectivity index (χ1n) is 8.39. The number of amides is 2. The Hall–Kier alpha value is -2.11. The molecule has 23 heavy (non-hydrogen) atoms. The Morgan fingerprint density at radius 2 is 2.13 bits per heavy atom. The van der Waals surface area contributed by atoms with E-state index in [2.05, 4.69) is 27.4 Å². The predicted molar refractivity (Wildman–Crippen MR) is 87.9 cm³/mol. The maximum absolute atomic E-state index is 12.0. The van der Waals surface area contributed by atoms with E-state index in [4.69, 9.17) is 0 Å². The number of nitrogens with zero attached hydrogens (tertiary/aromatic N) is 2. The summed E-state index contributed by atoms with van der Waals surface area (Å²) in [5.74, 6) is 1.64. The van der Waals surface area contributed by atoms with Crippen molar-refractivity contribution in [3.05, 3.63) is 23.9 Å². The molecule has 2 fully saturated rings. The molecule has 0 bridgehead atoms. The largest absolute Gasteiger partial charge is 0.357 e. The summed E-state index contributed by atoms with van der Waals surface area (Å²) in [4.78, 5) is 29.9. The van der Waals surface area contributed by atoms with Gasteiger partial charge in [-0.05, 0) is 36.8 Å². The van der Waals surface area contributed by atoms with E-state index in [1.807, 2.05) is 18.3 Å². The Morgan fingerprint density at radius 1 is 1.35 bits per heavy atom. The van der Waals surface area contributed by atoms with Crippen molar-refractivity contribution in [3.63, 3.8) is 0 Å². The van der Waals surface area contributed by atoms with E-state index in [-0.39, 0.29) is 17.9 Å². The molecule has 2 N–H and O–H groups in total. The van der Waals surface area contributed by atoms with Gasteiger partial charge in [-0.25, -0.2) is 4.98 Å². The lowest BCUT2D eigenvalue weighted by molar-refractivity contribution is -0.125. The summed E-state index contributed by atoms with van der Waals surface area (Å²) in [6.07, 6.45) is 5.26. The van der Waals surface area contributed by atoms with Crippen molar-refractivity contribution in [2.24, 2.45) is 5.92 Å². The van der Waals surface area contributed by atoms with Crippen LogP contribution in [0.2, 0.25) is 0 Å². The average molecular weight is 316 g/mol. The number of nitrogens with one attached hydrogen (secondary N) is 2. The summed E-state index contributed by atoms with van der Waals surface area (Å²) in [7, 11) is 0. The van der Waals surface area contributed by atoms with Crippen LogP contribution < -0.4 is 15.5 Å². The van der Waals surface area contributed by atoms with Gasteiger partial charge in [-0.1, -0.05) is 13.0 Å². The van der Waals surface area contributed by atoms with E-state index >= 15 is 0 Å². The molecule has 3 rings (SSSR count). The van der Waals surface area contributed by atoms with Crippen LogP contribution >= 0.6 is 0 Å². The van der Waals surface area contributed by atoms with Crippen LogP contribution in [0.4, 0.5) is 5.82 Å². The third kappa shape index (κ3) is 4.00. The van der Waals surface area contributed by atoms with Gasteiger partial charge in [0.25, 0.3) is 0 Å². The molecule has 2 saturated heterocycles. The van der Waals surface area contributed by atoms with Gasteiger partial charge < -0.3 is 15.5 Å². The van der Waals surface area contributed by atoms with Crippen molar-refractivity contribution in [2.75, 3.05) is 18.0 Å². The Bertz CT molecular complexity index is 564. The highest BCUT2D eigenvalue weighted by atomic mass is 16.2. The summed E-state index contributed by atoms with van der Waals surface area (Å²) in [6, 6.07) is 3.65. The molecule has 6 heteroatoms. The Balaban J connectivity index is 1.49. The fourth-order valence-corrected chi connectivity index (χ4v) is 3.07. The number of aromatic nitrogens is 1. The first-order chi connectivity index (χ1) is 11.1. The highest BCUT2D eigenvalue weighted by molar-refractivity contribution is 5.90. The lowest BCUT2D eigenvalue weighted by Gasteiger charge is -2.31. The summed E-state index contributed by atoms with van der Waals surface area (Å²) >= 11 is 0. The molecule has 124 valence electrons. The van der Waals surface area contributed by atoms with Gasteiger partial charge in [0.05, 0.1) is 0 Å². The van der Waals surface area contributed by atoms with Gasteiger partial charge in [-0.3, -0.25) is 9.59 Å². The number of hydrogen-bond donors (Lipinski definition) is 2. The summed E-state index contributed by atoms with van der Waals surface area (Å²) < 4.78 is 0. The predicted octanol–water partition coefficient (Wildman–Crippen LogP) is 1.21. The normalized spacial score (nSPS) is 22.0. The lowest BCUT2D eigenvalue weighted by Crippen LogP contribution is -2.41. The van der Waals surface area contributed by atoms with E-state index in [0.29, 0.717) is 19.4 Å². The number of pyridine rings is 1. The second-order valence-corrected chi connectivity index (χ2v) is 6.57. The topological polar surface area (TPSA) is 74.3 Å². The molecular weight excluding hydrogens is 292 g/mol.